The second-order valence-electron chi connectivity index (χ2n) is 2.82. The number of hydrogen-bond acceptors (Lipinski definition) is 3. The summed E-state index contributed by atoms with van der Waals surface area (Å²) in [4.78, 5) is 12.7. The van der Waals surface area contributed by atoms with E-state index < -0.39 is 11.3 Å². The van der Waals surface area contributed by atoms with Gasteiger partial charge in [0.2, 0.25) is 17.2 Å². The van der Waals surface area contributed by atoms with Crippen LogP contribution in [0.2, 0.25) is 0 Å². The van der Waals surface area contributed by atoms with Crippen molar-refractivity contribution in [3.8, 4) is 0 Å². The van der Waals surface area contributed by atoms with E-state index in [1.165, 1.54) is 7.11 Å². The Kier molecular flexibility index (Phi) is 3.83. The first-order valence-electron chi connectivity index (χ1n) is 4.12. The van der Waals surface area contributed by atoms with Gasteiger partial charge >= 0.3 is 0 Å². The molecule has 1 atom stereocenters. The van der Waals surface area contributed by atoms with Crippen LogP contribution in [0.3, 0.4) is 0 Å². The number of piperazine rings is 1. The highest BCUT2D eigenvalue weighted by Crippen LogP contribution is 2.04. The summed E-state index contributed by atoms with van der Waals surface area (Å²) in [6.07, 6.45) is 0. The van der Waals surface area contributed by atoms with Crippen molar-refractivity contribution in [2.75, 3.05) is 33.3 Å². The highest BCUT2D eigenvalue weighted by molar-refractivity contribution is 7.77. The van der Waals surface area contributed by atoms with Crippen molar-refractivity contribution < 1.29 is 13.2 Å². The lowest BCUT2D eigenvalue weighted by atomic mass is 10.3. The van der Waals surface area contributed by atoms with Gasteiger partial charge in [0, 0.05) is 33.1 Å². The lowest BCUT2D eigenvalue weighted by Gasteiger charge is -2.32. The van der Waals surface area contributed by atoms with Gasteiger partial charge in [-0.25, -0.2) is 4.21 Å². The van der Waals surface area contributed by atoms with E-state index >= 15 is 0 Å². The normalized spacial score (nSPS) is 21.5. The van der Waals surface area contributed by atoms with E-state index in [4.69, 9.17) is 0 Å². The first-order valence-corrected chi connectivity index (χ1v) is 5.15. The fourth-order valence-corrected chi connectivity index (χ4v) is 1.93. The van der Waals surface area contributed by atoms with Crippen molar-refractivity contribution in [1.82, 2.24) is 9.21 Å². The van der Waals surface area contributed by atoms with Crippen LogP contribution in [0, 0.1) is 0 Å². The molecular weight excluding hydrogens is 192 g/mol. The van der Waals surface area contributed by atoms with Gasteiger partial charge in [-0.15, -0.1) is 0 Å². The molecule has 13 heavy (non-hydrogen) atoms. The molecule has 1 saturated heterocycles. The minimum atomic E-state index is -1.35. The minimum Gasteiger partial charge on any atom is -0.340 e. The van der Waals surface area contributed by atoms with Gasteiger partial charge in [-0.1, -0.05) is 0 Å². The minimum absolute atomic E-state index is 0.0721. The molecule has 0 bridgehead atoms. The number of hydrogen-bond donors (Lipinski definition) is 0. The summed E-state index contributed by atoms with van der Waals surface area (Å²) < 4.78 is 17.5. The summed E-state index contributed by atoms with van der Waals surface area (Å²) in [7, 11) is 1.41. The molecular formula is C7H14N2O3S. The fourth-order valence-electron chi connectivity index (χ4n) is 1.26. The summed E-state index contributed by atoms with van der Waals surface area (Å²) in [5.41, 5.74) is 0. The van der Waals surface area contributed by atoms with Crippen molar-refractivity contribution in [3.05, 3.63) is 0 Å². The summed E-state index contributed by atoms with van der Waals surface area (Å²) in [5, 5.41) is 0. The van der Waals surface area contributed by atoms with E-state index in [-0.39, 0.29) is 5.91 Å². The maximum atomic E-state index is 11.2. The summed E-state index contributed by atoms with van der Waals surface area (Å²) >= 11 is -1.35. The van der Waals surface area contributed by atoms with E-state index in [9.17, 15) is 9.00 Å². The Hall–Kier alpha value is -0.460. The van der Waals surface area contributed by atoms with Crippen LogP contribution in [0.25, 0.3) is 0 Å². The predicted molar refractivity (Wildman–Crippen MR) is 49.0 cm³/mol. The van der Waals surface area contributed by atoms with Gasteiger partial charge in [-0.3, -0.25) is 8.98 Å². The summed E-state index contributed by atoms with van der Waals surface area (Å²) in [5.74, 6) is 0.0721. The Morgan fingerprint density at radius 3 is 2.23 bits per heavy atom. The lowest BCUT2D eigenvalue weighted by molar-refractivity contribution is -0.129. The third-order valence-electron chi connectivity index (χ3n) is 2.04. The quantitative estimate of drug-likeness (QED) is 0.605. The maximum absolute atomic E-state index is 11.2. The Labute approximate surface area is 80.4 Å². The third-order valence-corrected chi connectivity index (χ3v) is 3.11. The van der Waals surface area contributed by atoms with Crippen molar-refractivity contribution >= 4 is 17.2 Å². The molecule has 0 N–H and O–H groups in total. The molecule has 0 aromatic rings. The van der Waals surface area contributed by atoms with E-state index in [0.29, 0.717) is 26.2 Å². The van der Waals surface area contributed by atoms with Crippen LogP contribution in [0.1, 0.15) is 6.92 Å². The first-order chi connectivity index (χ1) is 6.15. The second kappa shape index (κ2) is 4.69. The Morgan fingerprint density at radius 1 is 1.31 bits per heavy atom. The standard InChI is InChI=1S/C7H14N2O3S/c1-7(10)8-3-5-9(6-4-8)13(11)12-2/h3-6H2,1-2H3. The van der Waals surface area contributed by atoms with Crippen LogP contribution in [0.5, 0.6) is 0 Å². The molecule has 0 saturated carbocycles. The van der Waals surface area contributed by atoms with Gasteiger partial charge in [0.1, 0.15) is 0 Å². The molecule has 1 amide bonds. The fraction of sp³-hybridized carbons (Fsp3) is 0.857. The van der Waals surface area contributed by atoms with Gasteiger partial charge in [0.25, 0.3) is 0 Å². The van der Waals surface area contributed by atoms with Gasteiger partial charge in [-0.05, 0) is 0 Å². The second-order valence-corrected chi connectivity index (χ2v) is 4.10. The maximum Gasteiger partial charge on any atom is 0.237 e. The SMILES string of the molecule is COS(=O)N1CCN(C(C)=O)CC1. The number of carbonyl (C=O) groups excluding carboxylic acids is 1. The summed E-state index contributed by atoms with van der Waals surface area (Å²) in [6, 6.07) is 0. The molecule has 1 rings (SSSR count). The van der Waals surface area contributed by atoms with Crippen molar-refractivity contribution in [3.63, 3.8) is 0 Å². The molecule has 0 radical (unpaired) electrons. The van der Waals surface area contributed by atoms with E-state index in [1.807, 2.05) is 0 Å². The van der Waals surface area contributed by atoms with Crippen molar-refractivity contribution in [1.29, 1.82) is 0 Å². The molecule has 0 aromatic heterocycles. The average Bonchev–Trinajstić information content (AvgIpc) is 2.17. The Morgan fingerprint density at radius 2 is 1.85 bits per heavy atom. The molecule has 0 aromatic carbocycles. The van der Waals surface area contributed by atoms with Gasteiger partial charge < -0.3 is 4.90 Å². The number of rotatable bonds is 2. The largest absolute Gasteiger partial charge is 0.340 e. The molecule has 0 spiro atoms. The van der Waals surface area contributed by atoms with Gasteiger partial charge in [0.15, 0.2) is 0 Å². The Bertz CT molecular complexity index is 214. The first kappa shape index (κ1) is 10.6. The molecule has 0 aliphatic carbocycles. The zero-order chi connectivity index (χ0) is 9.84. The molecule has 1 aliphatic rings. The van der Waals surface area contributed by atoms with Gasteiger partial charge in [-0.2, -0.15) is 4.31 Å². The molecule has 5 nitrogen and oxygen atoms in total. The zero-order valence-corrected chi connectivity index (χ0v) is 8.67. The number of amides is 1. The van der Waals surface area contributed by atoms with E-state index in [1.54, 1.807) is 16.1 Å². The van der Waals surface area contributed by atoms with Crippen LogP contribution in [0.15, 0.2) is 0 Å². The number of nitrogens with zero attached hydrogens (tertiary/aromatic N) is 2. The van der Waals surface area contributed by atoms with Crippen LogP contribution in [0.4, 0.5) is 0 Å². The molecule has 1 heterocycles. The zero-order valence-electron chi connectivity index (χ0n) is 7.86. The lowest BCUT2D eigenvalue weighted by Crippen LogP contribution is -2.48. The molecule has 6 heteroatoms. The average molecular weight is 206 g/mol. The Balaban J connectivity index is 2.39. The molecule has 76 valence electrons. The van der Waals surface area contributed by atoms with Gasteiger partial charge in [0.05, 0.1) is 7.11 Å². The molecule has 1 unspecified atom stereocenters. The summed E-state index contributed by atoms with van der Waals surface area (Å²) in [6.45, 7) is 4.03. The van der Waals surface area contributed by atoms with Crippen molar-refractivity contribution in [2.24, 2.45) is 0 Å². The smallest absolute Gasteiger partial charge is 0.237 e. The van der Waals surface area contributed by atoms with Crippen molar-refractivity contribution in [2.45, 2.75) is 6.92 Å². The van der Waals surface area contributed by atoms with Crippen LogP contribution in [-0.2, 0) is 20.2 Å². The topological polar surface area (TPSA) is 49.9 Å². The molecule has 1 aliphatic heterocycles. The highest BCUT2D eigenvalue weighted by atomic mass is 32.2. The van der Waals surface area contributed by atoms with E-state index in [2.05, 4.69) is 4.18 Å². The molecule has 1 fully saturated rings. The van der Waals surface area contributed by atoms with Crippen LogP contribution < -0.4 is 0 Å². The van der Waals surface area contributed by atoms with Crippen LogP contribution >= 0.6 is 0 Å². The monoisotopic (exact) mass is 206 g/mol. The predicted octanol–water partition coefficient (Wildman–Crippen LogP) is -0.624. The number of carbonyl (C=O) groups is 1. The highest BCUT2D eigenvalue weighted by Gasteiger charge is 2.22. The van der Waals surface area contributed by atoms with Crippen LogP contribution in [-0.4, -0.2) is 52.6 Å². The van der Waals surface area contributed by atoms with E-state index in [0.717, 1.165) is 0 Å². The third kappa shape index (κ3) is 2.75.